The molecule has 22 heavy (non-hydrogen) atoms. The fourth-order valence-corrected chi connectivity index (χ4v) is 2.54. The van der Waals surface area contributed by atoms with Crippen LogP contribution in [-0.2, 0) is 4.79 Å². The maximum Gasteiger partial charge on any atom is 0.319 e. The summed E-state index contributed by atoms with van der Waals surface area (Å²) in [6, 6.07) is 7.36. The molecule has 0 bridgehead atoms. The van der Waals surface area contributed by atoms with Gasteiger partial charge in [0.05, 0.1) is 5.92 Å². The van der Waals surface area contributed by atoms with Crippen LogP contribution in [0.4, 0.5) is 16.2 Å². The number of amides is 3. The molecule has 1 saturated heterocycles. The highest BCUT2D eigenvalue weighted by Gasteiger charge is 2.23. The number of carbonyl (C=O) groups is 2. The molecule has 6 heteroatoms. The lowest BCUT2D eigenvalue weighted by Gasteiger charge is -2.21. The van der Waals surface area contributed by atoms with Crippen molar-refractivity contribution in [2.45, 2.75) is 31.7 Å². The number of hydrogen-bond donors (Lipinski definition) is 4. The molecule has 1 aliphatic carbocycles. The largest absolute Gasteiger partial charge is 0.335 e. The predicted octanol–water partition coefficient (Wildman–Crippen LogP) is 1.91. The van der Waals surface area contributed by atoms with Gasteiger partial charge in [0, 0.05) is 24.0 Å². The van der Waals surface area contributed by atoms with Crippen molar-refractivity contribution >= 4 is 23.3 Å². The van der Waals surface area contributed by atoms with E-state index in [-0.39, 0.29) is 17.9 Å². The first-order chi connectivity index (χ1) is 10.7. The summed E-state index contributed by atoms with van der Waals surface area (Å²) in [6.45, 7) is 1.74. The second kappa shape index (κ2) is 6.79. The standard InChI is InChI=1S/C16H22N4O2/c21-15(11-2-1-9-17-10-11)18-12-3-5-13(6-4-12)19-16(22)20-14-7-8-14/h3-6,11,14,17H,1-2,7-10H2,(H,18,21)(H2,19,20,22). The maximum absolute atomic E-state index is 12.1. The number of benzene rings is 1. The number of carbonyl (C=O) groups excluding carboxylic acids is 2. The minimum Gasteiger partial charge on any atom is -0.335 e. The number of hydrogen-bond acceptors (Lipinski definition) is 3. The Hall–Kier alpha value is -2.08. The highest BCUT2D eigenvalue weighted by molar-refractivity contribution is 5.93. The molecule has 3 amide bonds. The SMILES string of the molecule is O=C(Nc1ccc(NC(=O)C2CCCNC2)cc1)NC1CC1. The van der Waals surface area contributed by atoms with Crippen LogP contribution in [0.25, 0.3) is 0 Å². The Bertz CT molecular complexity index is 534. The normalized spacial score (nSPS) is 21.0. The van der Waals surface area contributed by atoms with Crippen LogP contribution in [-0.4, -0.2) is 31.1 Å². The highest BCUT2D eigenvalue weighted by Crippen LogP contribution is 2.19. The molecule has 1 aliphatic heterocycles. The summed E-state index contributed by atoms with van der Waals surface area (Å²) >= 11 is 0. The summed E-state index contributed by atoms with van der Waals surface area (Å²) in [4.78, 5) is 23.8. The summed E-state index contributed by atoms with van der Waals surface area (Å²) in [5, 5.41) is 11.8. The van der Waals surface area contributed by atoms with E-state index in [1.165, 1.54) is 0 Å². The third-order valence-electron chi connectivity index (χ3n) is 3.99. The van der Waals surface area contributed by atoms with Gasteiger partial charge < -0.3 is 21.3 Å². The third kappa shape index (κ3) is 4.21. The first-order valence-electron chi connectivity index (χ1n) is 7.90. The van der Waals surface area contributed by atoms with Gasteiger partial charge in [0.15, 0.2) is 0 Å². The number of anilines is 2. The molecule has 1 unspecified atom stereocenters. The molecule has 2 aliphatic rings. The Morgan fingerprint density at radius 1 is 1.00 bits per heavy atom. The monoisotopic (exact) mass is 302 g/mol. The van der Waals surface area contributed by atoms with Crippen LogP contribution in [0.2, 0.25) is 0 Å². The van der Waals surface area contributed by atoms with E-state index in [1.807, 2.05) is 0 Å². The molecule has 118 valence electrons. The second-order valence-corrected chi connectivity index (χ2v) is 5.98. The zero-order valence-electron chi connectivity index (χ0n) is 12.5. The molecule has 1 aromatic carbocycles. The number of piperidine rings is 1. The molecule has 0 aromatic heterocycles. The van der Waals surface area contributed by atoms with Gasteiger partial charge in [-0.3, -0.25) is 4.79 Å². The first kappa shape index (κ1) is 14.8. The van der Waals surface area contributed by atoms with Gasteiger partial charge in [-0.2, -0.15) is 0 Å². The van der Waals surface area contributed by atoms with E-state index in [4.69, 9.17) is 0 Å². The highest BCUT2D eigenvalue weighted by atomic mass is 16.2. The van der Waals surface area contributed by atoms with E-state index in [9.17, 15) is 9.59 Å². The van der Waals surface area contributed by atoms with Crippen molar-refractivity contribution in [2.75, 3.05) is 23.7 Å². The molecular weight excluding hydrogens is 280 g/mol. The molecule has 1 saturated carbocycles. The van der Waals surface area contributed by atoms with E-state index in [2.05, 4.69) is 21.3 Å². The lowest BCUT2D eigenvalue weighted by Crippen LogP contribution is -2.37. The van der Waals surface area contributed by atoms with Crippen molar-refractivity contribution in [2.24, 2.45) is 5.92 Å². The first-order valence-corrected chi connectivity index (χ1v) is 7.90. The average molecular weight is 302 g/mol. The van der Waals surface area contributed by atoms with Gasteiger partial charge in [0.1, 0.15) is 0 Å². The zero-order valence-corrected chi connectivity index (χ0v) is 12.5. The minimum absolute atomic E-state index is 0.0378. The van der Waals surface area contributed by atoms with Crippen LogP contribution < -0.4 is 21.3 Å². The third-order valence-corrected chi connectivity index (χ3v) is 3.99. The Labute approximate surface area is 130 Å². The van der Waals surface area contributed by atoms with Crippen molar-refractivity contribution in [3.8, 4) is 0 Å². The fraction of sp³-hybridized carbons (Fsp3) is 0.500. The quantitative estimate of drug-likeness (QED) is 0.685. The van der Waals surface area contributed by atoms with Gasteiger partial charge in [0.25, 0.3) is 0 Å². The van der Waals surface area contributed by atoms with Crippen molar-refractivity contribution < 1.29 is 9.59 Å². The van der Waals surface area contributed by atoms with Gasteiger partial charge >= 0.3 is 6.03 Å². The lowest BCUT2D eigenvalue weighted by molar-refractivity contribution is -0.120. The van der Waals surface area contributed by atoms with Crippen LogP contribution in [0.5, 0.6) is 0 Å². The van der Waals surface area contributed by atoms with E-state index in [0.717, 1.165) is 50.1 Å². The molecule has 1 heterocycles. The predicted molar refractivity (Wildman–Crippen MR) is 85.8 cm³/mol. The van der Waals surface area contributed by atoms with Crippen LogP contribution in [0.15, 0.2) is 24.3 Å². The van der Waals surface area contributed by atoms with E-state index in [0.29, 0.717) is 6.04 Å². The fourth-order valence-electron chi connectivity index (χ4n) is 2.54. The van der Waals surface area contributed by atoms with Crippen LogP contribution in [0.1, 0.15) is 25.7 Å². The van der Waals surface area contributed by atoms with Gasteiger partial charge in [-0.15, -0.1) is 0 Å². The van der Waals surface area contributed by atoms with Crippen molar-refractivity contribution in [3.05, 3.63) is 24.3 Å². The summed E-state index contributed by atoms with van der Waals surface area (Å²) in [6.07, 6.45) is 4.10. The smallest absolute Gasteiger partial charge is 0.319 e. The Morgan fingerprint density at radius 3 is 2.27 bits per heavy atom. The number of rotatable bonds is 4. The Morgan fingerprint density at radius 2 is 1.68 bits per heavy atom. The number of urea groups is 1. The van der Waals surface area contributed by atoms with E-state index >= 15 is 0 Å². The van der Waals surface area contributed by atoms with Crippen molar-refractivity contribution in [1.82, 2.24) is 10.6 Å². The average Bonchev–Trinajstić information content (AvgIpc) is 3.34. The van der Waals surface area contributed by atoms with Crippen molar-refractivity contribution in [3.63, 3.8) is 0 Å². The van der Waals surface area contributed by atoms with Gasteiger partial charge in [-0.25, -0.2) is 4.79 Å². The van der Waals surface area contributed by atoms with Crippen LogP contribution in [0.3, 0.4) is 0 Å². The molecule has 2 fully saturated rings. The van der Waals surface area contributed by atoms with Crippen LogP contribution in [0, 0.1) is 5.92 Å². The zero-order chi connectivity index (χ0) is 15.4. The summed E-state index contributed by atoms with van der Waals surface area (Å²) in [5.74, 6) is 0.0928. The van der Waals surface area contributed by atoms with Gasteiger partial charge in [-0.1, -0.05) is 0 Å². The molecule has 1 atom stereocenters. The topological polar surface area (TPSA) is 82.3 Å². The van der Waals surface area contributed by atoms with Gasteiger partial charge in [-0.05, 0) is 56.5 Å². The van der Waals surface area contributed by atoms with E-state index in [1.54, 1.807) is 24.3 Å². The molecule has 4 N–H and O–H groups in total. The van der Waals surface area contributed by atoms with Gasteiger partial charge in [0.2, 0.25) is 5.91 Å². The summed E-state index contributed by atoms with van der Waals surface area (Å²) in [5.41, 5.74) is 1.47. The Kier molecular flexibility index (Phi) is 4.58. The summed E-state index contributed by atoms with van der Waals surface area (Å²) < 4.78 is 0. The van der Waals surface area contributed by atoms with E-state index < -0.39 is 0 Å². The second-order valence-electron chi connectivity index (χ2n) is 5.98. The molecule has 3 rings (SSSR count). The molecule has 6 nitrogen and oxygen atoms in total. The molecule has 0 radical (unpaired) electrons. The molecule has 1 aromatic rings. The molecule has 0 spiro atoms. The molecular formula is C16H22N4O2. The Balaban J connectivity index is 1.49. The minimum atomic E-state index is -0.174. The van der Waals surface area contributed by atoms with Crippen LogP contribution >= 0.6 is 0 Å². The lowest BCUT2D eigenvalue weighted by atomic mass is 9.99. The maximum atomic E-state index is 12.1. The van der Waals surface area contributed by atoms with Crippen molar-refractivity contribution in [1.29, 1.82) is 0 Å². The number of nitrogens with one attached hydrogen (secondary N) is 4. The summed E-state index contributed by atoms with van der Waals surface area (Å²) in [7, 11) is 0.